The zero-order chi connectivity index (χ0) is 11.5. The molecule has 16 heavy (non-hydrogen) atoms. The molecule has 1 heterocycles. The standard InChI is InChI=1S/C12H13NO3/c1-9(10-5-3-2-4-6-10)13-7-8-16-12(15)11(13)14/h2-6,9H,7-8H2,1H3. The first-order valence-corrected chi connectivity index (χ1v) is 5.23. The Hall–Kier alpha value is -1.84. The number of carbonyl (C=O) groups excluding carboxylic acids is 2. The summed E-state index contributed by atoms with van der Waals surface area (Å²) in [7, 11) is 0. The topological polar surface area (TPSA) is 46.6 Å². The van der Waals surface area contributed by atoms with Crippen LogP contribution in [-0.4, -0.2) is 29.9 Å². The Bertz CT molecular complexity index is 402. The predicted octanol–water partition coefficient (Wildman–Crippen LogP) is 1.13. The predicted molar refractivity (Wildman–Crippen MR) is 57.5 cm³/mol. The summed E-state index contributed by atoms with van der Waals surface area (Å²) in [5, 5.41) is 0. The van der Waals surface area contributed by atoms with Crippen LogP contribution < -0.4 is 0 Å². The third kappa shape index (κ3) is 1.91. The lowest BCUT2D eigenvalue weighted by molar-refractivity contribution is -0.168. The molecule has 1 aliphatic heterocycles. The minimum Gasteiger partial charge on any atom is -0.457 e. The second-order valence-corrected chi connectivity index (χ2v) is 3.72. The molecule has 4 heteroatoms. The SMILES string of the molecule is CC(c1ccccc1)N1CCOC(=O)C1=O. The van der Waals surface area contributed by atoms with Crippen molar-refractivity contribution in [3.8, 4) is 0 Å². The van der Waals surface area contributed by atoms with Gasteiger partial charge < -0.3 is 9.64 Å². The van der Waals surface area contributed by atoms with Crippen LogP contribution in [0.4, 0.5) is 0 Å². The number of carbonyl (C=O) groups is 2. The molecule has 4 nitrogen and oxygen atoms in total. The largest absolute Gasteiger partial charge is 0.457 e. The van der Waals surface area contributed by atoms with Crippen molar-refractivity contribution in [1.82, 2.24) is 4.90 Å². The second kappa shape index (κ2) is 4.35. The van der Waals surface area contributed by atoms with Crippen molar-refractivity contribution in [1.29, 1.82) is 0 Å². The summed E-state index contributed by atoms with van der Waals surface area (Å²) >= 11 is 0. The van der Waals surface area contributed by atoms with Gasteiger partial charge in [-0.1, -0.05) is 30.3 Å². The number of hydrogen-bond donors (Lipinski definition) is 0. The number of nitrogens with zero attached hydrogens (tertiary/aromatic N) is 1. The van der Waals surface area contributed by atoms with Gasteiger partial charge in [-0.2, -0.15) is 0 Å². The van der Waals surface area contributed by atoms with Gasteiger partial charge in [0.2, 0.25) is 0 Å². The molecular formula is C12H13NO3. The van der Waals surface area contributed by atoms with Crippen LogP contribution >= 0.6 is 0 Å². The summed E-state index contributed by atoms with van der Waals surface area (Å²) in [6.45, 7) is 2.65. The third-order valence-electron chi connectivity index (χ3n) is 2.75. The van der Waals surface area contributed by atoms with E-state index >= 15 is 0 Å². The fourth-order valence-corrected chi connectivity index (χ4v) is 1.80. The molecule has 0 N–H and O–H groups in total. The number of hydrogen-bond acceptors (Lipinski definition) is 3. The molecule has 0 spiro atoms. The lowest BCUT2D eigenvalue weighted by Gasteiger charge is -2.31. The van der Waals surface area contributed by atoms with E-state index in [1.54, 1.807) is 4.90 Å². The maximum absolute atomic E-state index is 11.6. The van der Waals surface area contributed by atoms with Gasteiger partial charge >= 0.3 is 11.9 Å². The number of cyclic esters (lactones) is 1. The van der Waals surface area contributed by atoms with Crippen LogP contribution in [0.5, 0.6) is 0 Å². The maximum Gasteiger partial charge on any atom is 0.397 e. The van der Waals surface area contributed by atoms with Crippen molar-refractivity contribution < 1.29 is 14.3 Å². The fourth-order valence-electron chi connectivity index (χ4n) is 1.80. The van der Waals surface area contributed by atoms with E-state index < -0.39 is 11.9 Å². The van der Waals surface area contributed by atoms with Crippen molar-refractivity contribution >= 4 is 11.9 Å². The molecule has 1 saturated heterocycles. The Morgan fingerprint density at radius 1 is 1.25 bits per heavy atom. The maximum atomic E-state index is 11.6. The first-order chi connectivity index (χ1) is 7.70. The smallest absolute Gasteiger partial charge is 0.397 e. The van der Waals surface area contributed by atoms with E-state index in [9.17, 15) is 9.59 Å². The molecule has 0 aromatic heterocycles. The van der Waals surface area contributed by atoms with Crippen molar-refractivity contribution in [2.45, 2.75) is 13.0 Å². The van der Waals surface area contributed by atoms with Crippen molar-refractivity contribution in [2.24, 2.45) is 0 Å². The van der Waals surface area contributed by atoms with E-state index in [0.29, 0.717) is 6.54 Å². The molecule has 2 rings (SSSR count). The Kier molecular flexibility index (Phi) is 2.90. The van der Waals surface area contributed by atoms with E-state index in [1.807, 2.05) is 37.3 Å². The highest BCUT2D eigenvalue weighted by atomic mass is 16.5. The van der Waals surface area contributed by atoms with Gasteiger partial charge in [0.1, 0.15) is 6.61 Å². The van der Waals surface area contributed by atoms with Crippen molar-refractivity contribution in [3.63, 3.8) is 0 Å². The van der Waals surface area contributed by atoms with E-state index in [2.05, 4.69) is 4.74 Å². The monoisotopic (exact) mass is 219 g/mol. The van der Waals surface area contributed by atoms with Crippen LogP contribution in [0.3, 0.4) is 0 Å². The van der Waals surface area contributed by atoms with Crippen LogP contribution in [0.15, 0.2) is 30.3 Å². The van der Waals surface area contributed by atoms with E-state index in [0.717, 1.165) is 5.56 Å². The Morgan fingerprint density at radius 3 is 2.62 bits per heavy atom. The summed E-state index contributed by atoms with van der Waals surface area (Å²) in [6, 6.07) is 9.54. The van der Waals surface area contributed by atoms with Crippen LogP contribution in [0.1, 0.15) is 18.5 Å². The van der Waals surface area contributed by atoms with Crippen molar-refractivity contribution in [3.05, 3.63) is 35.9 Å². The molecule has 1 fully saturated rings. The highest BCUT2D eigenvalue weighted by molar-refractivity contribution is 6.32. The van der Waals surface area contributed by atoms with Gasteiger partial charge in [-0.05, 0) is 12.5 Å². The normalized spacial score (nSPS) is 18.2. The van der Waals surface area contributed by atoms with E-state index in [1.165, 1.54) is 0 Å². The molecule has 1 aromatic carbocycles. The average Bonchev–Trinajstić information content (AvgIpc) is 2.33. The number of rotatable bonds is 2. The van der Waals surface area contributed by atoms with Crippen molar-refractivity contribution in [2.75, 3.05) is 13.2 Å². The quantitative estimate of drug-likeness (QED) is 0.553. The Balaban J connectivity index is 2.18. The highest BCUT2D eigenvalue weighted by Crippen LogP contribution is 2.21. The molecule has 1 unspecified atom stereocenters. The van der Waals surface area contributed by atoms with E-state index in [-0.39, 0.29) is 12.6 Å². The van der Waals surface area contributed by atoms with E-state index in [4.69, 9.17) is 0 Å². The van der Waals surface area contributed by atoms with Gasteiger partial charge in [0, 0.05) is 0 Å². The number of amides is 1. The first-order valence-electron chi connectivity index (χ1n) is 5.23. The number of ether oxygens (including phenoxy) is 1. The molecular weight excluding hydrogens is 206 g/mol. The van der Waals surface area contributed by atoms with Gasteiger partial charge in [-0.15, -0.1) is 0 Å². The molecule has 1 atom stereocenters. The lowest BCUT2D eigenvalue weighted by atomic mass is 10.1. The third-order valence-corrected chi connectivity index (χ3v) is 2.75. The fraction of sp³-hybridized carbons (Fsp3) is 0.333. The van der Waals surface area contributed by atoms with Gasteiger partial charge in [-0.25, -0.2) is 4.79 Å². The zero-order valence-corrected chi connectivity index (χ0v) is 9.05. The molecule has 84 valence electrons. The summed E-state index contributed by atoms with van der Waals surface area (Å²) in [5.74, 6) is -1.31. The highest BCUT2D eigenvalue weighted by Gasteiger charge is 2.31. The summed E-state index contributed by atoms with van der Waals surface area (Å²) < 4.78 is 4.68. The van der Waals surface area contributed by atoms with Crippen LogP contribution in [0, 0.1) is 0 Å². The van der Waals surface area contributed by atoms with Gasteiger partial charge in [0.25, 0.3) is 0 Å². The molecule has 0 radical (unpaired) electrons. The number of esters is 1. The zero-order valence-electron chi connectivity index (χ0n) is 9.05. The summed E-state index contributed by atoms with van der Waals surface area (Å²) in [6.07, 6.45) is 0. The summed E-state index contributed by atoms with van der Waals surface area (Å²) in [4.78, 5) is 24.3. The minimum absolute atomic E-state index is 0.0958. The second-order valence-electron chi connectivity index (χ2n) is 3.72. The molecule has 0 aliphatic carbocycles. The molecule has 1 aromatic rings. The Labute approximate surface area is 93.8 Å². The minimum atomic E-state index is -0.756. The average molecular weight is 219 g/mol. The molecule has 0 saturated carbocycles. The number of morpholine rings is 1. The molecule has 0 bridgehead atoms. The van der Waals surface area contributed by atoms with Gasteiger partial charge in [-0.3, -0.25) is 4.79 Å². The Morgan fingerprint density at radius 2 is 1.94 bits per heavy atom. The van der Waals surface area contributed by atoms with Crippen LogP contribution in [0.2, 0.25) is 0 Å². The molecule has 1 amide bonds. The summed E-state index contributed by atoms with van der Waals surface area (Å²) in [5.41, 5.74) is 1.02. The molecule has 1 aliphatic rings. The van der Waals surface area contributed by atoms with Gasteiger partial charge in [0.15, 0.2) is 0 Å². The number of benzene rings is 1. The van der Waals surface area contributed by atoms with Crippen LogP contribution in [0.25, 0.3) is 0 Å². The first kappa shape index (κ1) is 10.7. The lowest BCUT2D eigenvalue weighted by Crippen LogP contribution is -2.46. The van der Waals surface area contributed by atoms with Gasteiger partial charge in [0.05, 0.1) is 12.6 Å². The van der Waals surface area contributed by atoms with Crippen LogP contribution in [-0.2, 0) is 14.3 Å².